The van der Waals surface area contributed by atoms with Gasteiger partial charge in [0.05, 0.1) is 12.3 Å². The molecule has 6 nitrogen and oxygen atoms in total. The Morgan fingerprint density at radius 3 is 3.14 bits per heavy atom. The summed E-state index contributed by atoms with van der Waals surface area (Å²) in [5, 5.41) is 21.9. The Kier molecular flexibility index (Phi) is 3.44. The van der Waals surface area contributed by atoms with Gasteiger partial charge in [-0.2, -0.15) is 0 Å². The van der Waals surface area contributed by atoms with Crippen molar-refractivity contribution in [2.45, 2.75) is 49.0 Å². The second-order valence-corrected chi connectivity index (χ2v) is 6.87. The summed E-state index contributed by atoms with van der Waals surface area (Å²) in [7, 11) is 0. The average molecular weight is 321 g/mol. The van der Waals surface area contributed by atoms with Crippen LogP contribution >= 0.6 is 23.1 Å². The van der Waals surface area contributed by atoms with Crippen molar-refractivity contribution in [3.63, 3.8) is 0 Å². The van der Waals surface area contributed by atoms with Crippen molar-refractivity contribution < 1.29 is 5.11 Å². The molecule has 0 atom stereocenters. The first-order valence-corrected chi connectivity index (χ1v) is 8.71. The lowest BCUT2D eigenvalue weighted by Crippen LogP contribution is -2.02. The van der Waals surface area contributed by atoms with Crippen LogP contribution in [0.5, 0.6) is 0 Å². The van der Waals surface area contributed by atoms with Crippen molar-refractivity contribution in [1.82, 2.24) is 24.1 Å². The van der Waals surface area contributed by atoms with E-state index in [0.29, 0.717) is 0 Å². The van der Waals surface area contributed by atoms with Gasteiger partial charge < -0.3 is 9.67 Å². The van der Waals surface area contributed by atoms with Gasteiger partial charge in [0.25, 0.3) is 0 Å². The molecular formula is C13H15N5OS2. The van der Waals surface area contributed by atoms with Crippen LogP contribution < -0.4 is 0 Å². The van der Waals surface area contributed by atoms with Gasteiger partial charge in [0.2, 0.25) is 0 Å². The van der Waals surface area contributed by atoms with Gasteiger partial charge in [0.15, 0.2) is 10.1 Å². The van der Waals surface area contributed by atoms with E-state index >= 15 is 0 Å². The number of aliphatic hydroxyl groups is 1. The van der Waals surface area contributed by atoms with E-state index in [0.717, 1.165) is 39.6 Å². The Balaban J connectivity index is 1.71. The number of thiazole rings is 1. The summed E-state index contributed by atoms with van der Waals surface area (Å²) >= 11 is 3.07. The number of aromatic nitrogens is 5. The lowest BCUT2D eigenvalue weighted by atomic mass is 10.2. The van der Waals surface area contributed by atoms with Crippen molar-refractivity contribution in [3.05, 3.63) is 23.1 Å². The molecule has 0 bridgehead atoms. The van der Waals surface area contributed by atoms with Gasteiger partial charge in [-0.05, 0) is 24.6 Å². The minimum atomic E-state index is -0.0266. The molecule has 3 aromatic rings. The van der Waals surface area contributed by atoms with Crippen molar-refractivity contribution in [3.8, 4) is 0 Å². The maximum absolute atomic E-state index is 9.62. The molecule has 4 heterocycles. The van der Waals surface area contributed by atoms with Crippen molar-refractivity contribution >= 4 is 28.1 Å². The lowest BCUT2D eigenvalue weighted by molar-refractivity contribution is 0.272. The molecule has 0 aromatic carbocycles. The molecule has 0 amide bonds. The first-order chi connectivity index (χ1) is 10.4. The summed E-state index contributed by atoms with van der Waals surface area (Å²) in [6.45, 7) is 0.947. The van der Waals surface area contributed by atoms with E-state index in [1.54, 1.807) is 11.3 Å². The highest BCUT2D eigenvalue weighted by atomic mass is 32.2. The van der Waals surface area contributed by atoms with Gasteiger partial charge in [-0.1, -0.05) is 6.42 Å². The van der Waals surface area contributed by atoms with E-state index in [2.05, 4.69) is 19.7 Å². The Morgan fingerprint density at radius 1 is 1.29 bits per heavy atom. The predicted octanol–water partition coefficient (Wildman–Crippen LogP) is 2.36. The van der Waals surface area contributed by atoms with Gasteiger partial charge >= 0.3 is 0 Å². The summed E-state index contributed by atoms with van der Waals surface area (Å²) in [5.41, 5.74) is 0.822. The fourth-order valence-corrected chi connectivity index (χ4v) is 4.42. The van der Waals surface area contributed by atoms with Crippen molar-refractivity contribution in [2.24, 2.45) is 0 Å². The highest BCUT2D eigenvalue weighted by molar-refractivity contribution is 7.99. The number of nitrogens with zero attached hydrogens (tertiary/aromatic N) is 5. The molecule has 8 heteroatoms. The second kappa shape index (κ2) is 5.43. The third-order valence-corrected chi connectivity index (χ3v) is 5.50. The fraction of sp³-hybridized carbons (Fsp3) is 0.462. The van der Waals surface area contributed by atoms with Crippen LogP contribution in [0.2, 0.25) is 0 Å². The molecule has 0 spiro atoms. The zero-order valence-corrected chi connectivity index (χ0v) is 13.0. The molecule has 1 aliphatic rings. The molecule has 0 unspecified atom stereocenters. The first-order valence-electron chi connectivity index (χ1n) is 7.02. The molecule has 0 saturated heterocycles. The number of fused-ring (bicyclic) bond motifs is 2. The van der Waals surface area contributed by atoms with Crippen LogP contribution in [0.15, 0.2) is 21.8 Å². The number of aryl methyl sites for hydroxylation is 1. The Morgan fingerprint density at radius 2 is 2.24 bits per heavy atom. The van der Waals surface area contributed by atoms with Gasteiger partial charge in [-0.15, -0.1) is 21.5 Å². The molecule has 0 aliphatic carbocycles. The zero-order chi connectivity index (χ0) is 14.2. The van der Waals surface area contributed by atoms with E-state index in [4.69, 9.17) is 0 Å². The Bertz CT molecular complexity index is 775. The maximum Gasteiger partial charge on any atom is 0.197 e. The molecule has 1 aliphatic heterocycles. The standard InChI is InChI=1S/C13H15N5OS2/c19-8-9-11(14-12-17(9)6-7-20-12)21-13-16-15-10-4-2-1-3-5-18(10)13/h6-7,19H,1-5,8H2. The van der Waals surface area contributed by atoms with Gasteiger partial charge in [-0.25, -0.2) is 4.98 Å². The topological polar surface area (TPSA) is 68.2 Å². The molecule has 110 valence electrons. The minimum absolute atomic E-state index is 0.0266. The van der Waals surface area contributed by atoms with Gasteiger partial charge in [-0.3, -0.25) is 4.40 Å². The van der Waals surface area contributed by atoms with Gasteiger partial charge in [0, 0.05) is 24.5 Å². The van der Waals surface area contributed by atoms with Crippen molar-refractivity contribution in [1.29, 1.82) is 0 Å². The third-order valence-electron chi connectivity index (χ3n) is 3.74. The van der Waals surface area contributed by atoms with E-state index in [9.17, 15) is 5.11 Å². The Hall–Kier alpha value is -1.38. The van der Waals surface area contributed by atoms with E-state index < -0.39 is 0 Å². The van der Waals surface area contributed by atoms with Crippen LogP contribution in [0.1, 0.15) is 30.8 Å². The number of imidazole rings is 1. The Labute approximate surface area is 129 Å². The quantitative estimate of drug-likeness (QED) is 0.802. The molecule has 0 saturated carbocycles. The van der Waals surface area contributed by atoms with Crippen LogP contribution in [0, 0.1) is 0 Å². The summed E-state index contributed by atoms with van der Waals surface area (Å²) in [6, 6.07) is 0. The number of aliphatic hydroxyl groups excluding tert-OH is 1. The van der Waals surface area contributed by atoms with Crippen LogP contribution in [-0.4, -0.2) is 29.3 Å². The average Bonchev–Trinajstić information content (AvgIpc) is 3.10. The molecule has 4 rings (SSSR count). The van der Waals surface area contributed by atoms with Crippen LogP contribution in [-0.2, 0) is 19.6 Å². The minimum Gasteiger partial charge on any atom is -0.390 e. The first kappa shape index (κ1) is 13.3. The summed E-state index contributed by atoms with van der Waals surface area (Å²) in [5.74, 6) is 1.07. The van der Waals surface area contributed by atoms with E-state index in [1.807, 2.05) is 16.0 Å². The predicted molar refractivity (Wildman–Crippen MR) is 80.7 cm³/mol. The molecule has 0 fully saturated rings. The molecule has 0 radical (unpaired) electrons. The number of hydrogen-bond acceptors (Lipinski definition) is 6. The van der Waals surface area contributed by atoms with E-state index in [-0.39, 0.29) is 6.61 Å². The molecular weight excluding hydrogens is 306 g/mol. The van der Waals surface area contributed by atoms with E-state index in [1.165, 1.54) is 31.0 Å². The largest absolute Gasteiger partial charge is 0.390 e. The molecule has 21 heavy (non-hydrogen) atoms. The molecule has 1 N–H and O–H groups in total. The third kappa shape index (κ3) is 2.27. The van der Waals surface area contributed by atoms with Crippen LogP contribution in [0.25, 0.3) is 4.96 Å². The van der Waals surface area contributed by atoms with Crippen molar-refractivity contribution in [2.75, 3.05) is 0 Å². The van der Waals surface area contributed by atoms with Gasteiger partial charge in [0.1, 0.15) is 10.9 Å². The summed E-state index contributed by atoms with van der Waals surface area (Å²) in [6.07, 6.45) is 6.54. The molecule has 3 aromatic heterocycles. The fourth-order valence-electron chi connectivity index (χ4n) is 2.66. The smallest absolute Gasteiger partial charge is 0.197 e. The summed E-state index contributed by atoms with van der Waals surface area (Å²) < 4.78 is 4.14. The highest BCUT2D eigenvalue weighted by Crippen LogP contribution is 2.32. The number of rotatable bonds is 3. The summed E-state index contributed by atoms with van der Waals surface area (Å²) in [4.78, 5) is 5.49. The normalized spacial score (nSPS) is 15.3. The second-order valence-electron chi connectivity index (χ2n) is 5.04. The number of hydrogen-bond donors (Lipinski definition) is 1. The highest BCUT2D eigenvalue weighted by Gasteiger charge is 2.19. The zero-order valence-electron chi connectivity index (χ0n) is 11.4. The monoisotopic (exact) mass is 321 g/mol. The lowest BCUT2D eigenvalue weighted by Gasteiger charge is -2.05. The SMILES string of the molecule is OCc1c(Sc2nnc3n2CCCCC3)nc2sccn12. The van der Waals surface area contributed by atoms with Crippen LogP contribution in [0.4, 0.5) is 0 Å². The van der Waals surface area contributed by atoms with Crippen LogP contribution in [0.3, 0.4) is 0 Å². The maximum atomic E-state index is 9.62.